The van der Waals surface area contributed by atoms with E-state index < -0.39 is 36.5 Å². The van der Waals surface area contributed by atoms with Crippen LogP contribution in [-0.4, -0.2) is 46.5 Å². The van der Waals surface area contributed by atoms with E-state index in [0.717, 1.165) is 25.7 Å². The molecule has 6 nitrogen and oxygen atoms in total. The normalized spacial score (nSPS) is 13.2. The van der Waals surface area contributed by atoms with E-state index in [1.165, 1.54) is 24.5 Å². The molecule has 0 fully saturated rings. The van der Waals surface area contributed by atoms with Gasteiger partial charge in [-0.1, -0.05) is 88.8 Å². The molecule has 3 aromatic rings. The molecule has 0 saturated heterocycles. The average Bonchev–Trinajstić information content (AvgIpc) is 3.03. The van der Waals surface area contributed by atoms with Crippen molar-refractivity contribution in [3.05, 3.63) is 72.3 Å². The SMILES string of the molecule is CCCCCC[C@H](OC(=O)c1ccc(-c2ccc(-c3ccc(C(=O)O[C@@H](CCCCCC)C(F)(F)F)nc3)cc2)cn1)C(F)(F)F. The molecule has 12 heteroatoms. The first-order valence-corrected chi connectivity index (χ1v) is 15.4. The standard InChI is InChI=1S/C34H38F6N2O4/c1-3-5-7-9-11-29(33(35,36)37)45-31(43)27-19-17-25(21-41-27)23-13-15-24(16-14-23)26-18-20-28(42-22-26)32(44)46-30(34(38,39)40)12-10-8-6-4-2/h13-22,29-30H,3-12H2,1-2H3/t29-,30-/m0/s1. The molecular formula is C34H38F6N2O4. The van der Waals surface area contributed by atoms with E-state index in [4.69, 9.17) is 9.47 Å². The summed E-state index contributed by atoms with van der Waals surface area (Å²) in [4.78, 5) is 32.8. The minimum absolute atomic E-state index is 0.245. The lowest BCUT2D eigenvalue weighted by Gasteiger charge is -2.20. The number of hydrogen-bond acceptors (Lipinski definition) is 6. The van der Waals surface area contributed by atoms with Gasteiger partial charge in [-0.2, -0.15) is 26.3 Å². The maximum Gasteiger partial charge on any atom is 0.425 e. The van der Waals surface area contributed by atoms with Crippen molar-refractivity contribution in [1.29, 1.82) is 0 Å². The minimum atomic E-state index is -4.67. The monoisotopic (exact) mass is 652 g/mol. The van der Waals surface area contributed by atoms with Gasteiger partial charge in [-0.25, -0.2) is 19.6 Å². The van der Waals surface area contributed by atoms with Gasteiger partial charge in [0.15, 0.2) is 12.2 Å². The van der Waals surface area contributed by atoms with Gasteiger partial charge in [0.2, 0.25) is 0 Å². The number of hydrogen-bond donors (Lipinski definition) is 0. The first-order chi connectivity index (χ1) is 21.8. The molecule has 2 heterocycles. The summed E-state index contributed by atoms with van der Waals surface area (Å²) < 4.78 is 89.8. The molecular weight excluding hydrogens is 614 g/mol. The largest absolute Gasteiger partial charge is 0.448 e. The number of benzene rings is 1. The Kier molecular flexibility index (Phi) is 13.6. The highest BCUT2D eigenvalue weighted by atomic mass is 19.4. The summed E-state index contributed by atoms with van der Waals surface area (Å²) in [7, 11) is 0. The van der Waals surface area contributed by atoms with E-state index in [0.29, 0.717) is 47.9 Å². The Morgan fingerprint density at radius 2 is 0.913 bits per heavy atom. The number of carbonyl (C=O) groups excluding carboxylic acids is 2. The lowest BCUT2D eigenvalue weighted by Crippen LogP contribution is -2.34. The van der Waals surface area contributed by atoms with Crippen molar-refractivity contribution in [3.8, 4) is 22.3 Å². The van der Waals surface area contributed by atoms with E-state index in [-0.39, 0.29) is 24.2 Å². The highest BCUT2D eigenvalue weighted by Crippen LogP contribution is 2.30. The fraction of sp³-hybridized carbons (Fsp3) is 0.471. The first-order valence-electron chi connectivity index (χ1n) is 15.4. The number of esters is 2. The molecule has 0 radical (unpaired) electrons. The summed E-state index contributed by atoms with van der Waals surface area (Å²) in [5.74, 6) is -2.30. The smallest absolute Gasteiger partial charge is 0.425 e. The van der Waals surface area contributed by atoms with Gasteiger partial charge in [0.1, 0.15) is 11.4 Å². The van der Waals surface area contributed by atoms with Crippen LogP contribution in [0.4, 0.5) is 26.3 Å². The molecule has 0 N–H and O–H groups in total. The van der Waals surface area contributed by atoms with Crippen molar-refractivity contribution in [3.63, 3.8) is 0 Å². The van der Waals surface area contributed by atoms with Crippen molar-refractivity contribution < 1.29 is 45.4 Å². The highest BCUT2D eigenvalue weighted by molar-refractivity contribution is 5.88. The van der Waals surface area contributed by atoms with Crippen molar-refractivity contribution in [1.82, 2.24) is 9.97 Å². The molecule has 1 aromatic carbocycles. The number of pyridine rings is 2. The molecule has 0 aliphatic carbocycles. The number of alkyl halides is 6. The van der Waals surface area contributed by atoms with Crippen LogP contribution in [0.2, 0.25) is 0 Å². The number of unbranched alkanes of at least 4 members (excludes halogenated alkanes) is 6. The van der Waals surface area contributed by atoms with Gasteiger partial charge in [-0.15, -0.1) is 0 Å². The molecule has 250 valence electrons. The van der Waals surface area contributed by atoms with Crippen LogP contribution < -0.4 is 0 Å². The van der Waals surface area contributed by atoms with Gasteiger partial charge in [-0.05, 0) is 48.9 Å². The molecule has 0 unspecified atom stereocenters. The Bertz CT molecular complexity index is 1270. The number of aromatic nitrogens is 2. The number of ether oxygens (including phenoxy) is 2. The summed E-state index contributed by atoms with van der Waals surface area (Å²) in [6.45, 7) is 3.89. The van der Waals surface area contributed by atoms with Crippen LogP contribution in [0.5, 0.6) is 0 Å². The summed E-state index contributed by atoms with van der Waals surface area (Å²) in [6, 6.07) is 12.7. The number of halogens is 6. The quantitative estimate of drug-likeness (QED) is 0.0871. The van der Waals surface area contributed by atoms with E-state index in [1.807, 2.05) is 13.8 Å². The Morgan fingerprint density at radius 3 is 1.20 bits per heavy atom. The Balaban J connectivity index is 1.61. The van der Waals surface area contributed by atoms with Crippen molar-refractivity contribution in [2.75, 3.05) is 0 Å². The van der Waals surface area contributed by atoms with Crippen LogP contribution in [0.3, 0.4) is 0 Å². The zero-order chi connectivity index (χ0) is 33.7. The Morgan fingerprint density at radius 1 is 0.565 bits per heavy atom. The highest BCUT2D eigenvalue weighted by Gasteiger charge is 2.43. The minimum Gasteiger partial charge on any atom is -0.448 e. The van der Waals surface area contributed by atoms with Crippen molar-refractivity contribution in [2.45, 2.75) is 103 Å². The predicted molar refractivity (Wildman–Crippen MR) is 161 cm³/mol. The lowest BCUT2D eigenvalue weighted by molar-refractivity contribution is -0.206. The maximum absolute atomic E-state index is 13.4. The molecule has 0 aliphatic heterocycles. The van der Waals surface area contributed by atoms with Crippen LogP contribution >= 0.6 is 0 Å². The predicted octanol–water partition coefficient (Wildman–Crippen LogP) is 9.93. The van der Waals surface area contributed by atoms with Crippen LogP contribution in [0.1, 0.15) is 99.0 Å². The Labute approximate surface area is 264 Å². The van der Waals surface area contributed by atoms with E-state index in [1.54, 1.807) is 36.4 Å². The molecule has 0 bridgehead atoms. The van der Waals surface area contributed by atoms with E-state index in [9.17, 15) is 35.9 Å². The van der Waals surface area contributed by atoms with Crippen LogP contribution in [0.25, 0.3) is 22.3 Å². The van der Waals surface area contributed by atoms with Crippen LogP contribution in [0.15, 0.2) is 60.9 Å². The average molecular weight is 653 g/mol. The van der Waals surface area contributed by atoms with Gasteiger partial charge in [-0.3, -0.25) is 0 Å². The molecule has 0 aliphatic rings. The number of carbonyl (C=O) groups is 2. The third kappa shape index (κ3) is 11.1. The summed E-state index contributed by atoms with van der Waals surface area (Å²) >= 11 is 0. The molecule has 0 saturated carbocycles. The van der Waals surface area contributed by atoms with E-state index in [2.05, 4.69) is 9.97 Å². The van der Waals surface area contributed by atoms with Gasteiger partial charge in [0.05, 0.1) is 0 Å². The van der Waals surface area contributed by atoms with Gasteiger partial charge in [0, 0.05) is 23.5 Å². The fourth-order valence-corrected chi connectivity index (χ4v) is 4.70. The Hall–Kier alpha value is -3.96. The summed E-state index contributed by atoms with van der Waals surface area (Å²) in [5, 5.41) is 0. The molecule has 3 rings (SSSR count). The molecule has 2 aromatic heterocycles. The van der Waals surface area contributed by atoms with Crippen molar-refractivity contribution >= 4 is 11.9 Å². The maximum atomic E-state index is 13.4. The summed E-state index contributed by atoms with van der Waals surface area (Å²) in [5.41, 5.74) is 2.10. The zero-order valence-corrected chi connectivity index (χ0v) is 25.8. The molecule has 46 heavy (non-hydrogen) atoms. The topological polar surface area (TPSA) is 78.4 Å². The van der Waals surface area contributed by atoms with E-state index >= 15 is 0 Å². The molecule has 0 amide bonds. The van der Waals surface area contributed by atoms with Crippen molar-refractivity contribution in [2.24, 2.45) is 0 Å². The first kappa shape index (κ1) is 36.5. The molecule has 0 spiro atoms. The van der Waals surface area contributed by atoms with Gasteiger partial charge < -0.3 is 9.47 Å². The third-order valence-electron chi connectivity index (χ3n) is 7.37. The second kappa shape index (κ2) is 17.1. The summed E-state index contributed by atoms with van der Waals surface area (Å²) in [6.07, 6.45) is -6.47. The fourth-order valence-electron chi connectivity index (χ4n) is 4.70. The second-order valence-corrected chi connectivity index (χ2v) is 11.0. The lowest BCUT2D eigenvalue weighted by atomic mass is 10.0. The second-order valence-electron chi connectivity index (χ2n) is 11.0. The third-order valence-corrected chi connectivity index (χ3v) is 7.37. The number of nitrogens with zero attached hydrogens (tertiary/aromatic N) is 2. The number of rotatable bonds is 16. The van der Waals surface area contributed by atoms with Gasteiger partial charge in [0.25, 0.3) is 0 Å². The van der Waals surface area contributed by atoms with Crippen LogP contribution in [0, 0.1) is 0 Å². The molecule has 2 atom stereocenters. The zero-order valence-electron chi connectivity index (χ0n) is 25.8. The van der Waals surface area contributed by atoms with Crippen LogP contribution in [-0.2, 0) is 9.47 Å². The van der Waals surface area contributed by atoms with Gasteiger partial charge >= 0.3 is 24.3 Å².